The van der Waals surface area contributed by atoms with Crippen molar-refractivity contribution in [1.82, 2.24) is 10.6 Å². The molecule has 0 fully saturated rings. The van der Waals surface area contributed by atoms with Gasteiger partial charge in [-0.15, -0.1) is 0 Å². The lowest BCUT2D eigenvalue weighted by molar-refractivity contribution is -0.123. The summed E-state index contributed by atoms with van der Waals surface area (Å²) in [7, 11) is 1.58. The van der Waals surface area contributed by atoms with Crippen molar-refractivity contribution in [3.05, 3.63) is 53.6 Å². The van der Waals surface area contributed by atoms with Crippen LogP contribution in [0.3, 0.4) is 0 Å². The highest BCUT2D eigenvalue weighted by molar-refractivity contribution is 5.77. The molecule has 0 spiro atoms. The van der Waals surface area contributed by atoms with Gasteiger partial charge in [0.2, 0.25) is 0 Å². The van der Waals surface area contributed by atoms with Crippen LogP contribution in [0.15, 0.2) is 42.5 Å². The third-order valence-corrected chi connectivity index (χ3v) is 4.09. The molecule has 0 radical (unpaired) electrons. The molecule has 6 heteroatoms. The Labute approximate surface area is 160 Å². The average molecular weight is 372 g/mol. The minimum atomic E-state index is -0.159. The number of nitrogens with one attached hydrogen (secondary N) is 2. The first kappa shape index (κ1) is 20.6. The lowest BCUT2D eigenvalue weighted by Gasteiger charge is -2.16. The number of ether oxygens (including phenoxy) is 2. The normalized spacial score (nSPS) is 11.7. The molecule has 6 nitrogen and oxygen atoms in total. The van der Waals surface area contributed by atoms with Crippen LogP contribution in [0.2, 0.25) is 0 Å². The summed E-state index contributed by atoms with van der Waals surface area (Å²) in [6, 6.07) is 13.2. The lowest BCUT2D eigenvalue weighted by Crippen LogP contribution is -2.28. The molecule has 0 aliphatic heterocycles. The van der Waals surface area contributed by atoms with E-state index in [1.165, 1.54) is 5.56 Å². The second kappa shape index (κ2) is 10.4. The third-order valence-electron chi connectivity index (χ3n) is 4.09. The van der Waals surface area contributed by atoms with Crippen LogP contribution in [0.25, 0.3) is 0 Å². The van der Waals surface area contributed by atoms with E-state index in [4.69, 9.17) is 9.47 Å². The van der Waals surface area contributed by atoms with Crippen LogP contribution < -0.4 is 20.1 Å². The van der Waals surface area contributed by atoms with E-state index in [1.54, 1.807) is 19.2 Å². The molecule has 0 aliphatic carbocycles. The summed E-state index contributed by atoms with van der Waals surface area (Å²) in [5.74, 6) is 1.27. The maximum atomic E-state index is 11.5. The van der Waals surface area contributed by atoms with E-state index < -0.39 is 0 Å². The monoisotopic (exact) mass is 372 g/mol. The second-order valence-electron chi connectivity index (χ2n) is 6.38. The number of amides is 1. The Morgan fingerprint density at radius 2 is 1.81 bits per heavy atom. The fraction of sp³-hybridized carbons (Fsp3) is 0.381. The summed E-state index contributed by atoms with van der Waals surface area (Å²) in [6.45, 7) is 5.21. The number of benzene rings is 2. The molecule has 146 valence electrons. The first-order chi connectivity index (χ1) is 13.0. The summed E-state index contributed by atoms with van der Waals surface area (Å²) in [5, 5.41) is 15.5. The van der Waals surface area contributed by atoms with Gasteiger partial charge >= 0.3 is 0 Å². The number of methoxy groups -OCH3 is 1. The quantitative estimate of drug-likeness (QED) is 0.597. The first-order valence-corrected chi connectivity index (χ1v) is 9.09. The molecule has 1 atom stereocenters. The Morgan fingerprint density at radius 1 is 1.11 bits per heavy atom. The van der Waals surface area contributed by atoms with Crippen LogP contribution >= 0.6 is 0 Å². The van der Waals surface area contributed by atoms with E-state index >= 15 is 0 Å². The summed E-state index contributed by atoms with van der Waals surface area (Å²) in [4.78, 5) is 11.5. The number of rotatable bonds is 10. The third kappa shape index (κ3) is 6.83. The van der Waals surface area contributed by atoms with Crippen LogP contribution in [0.5, 0.6) is 17.2 Å². The summed E-state index contributed by atoms with van der Waals surface area (Å²) in [5.41, 5.74) is 2.23. The number of carbonyl (C=O) groups excluding carboxylic acids is 1. The van der Waals surface area contributed by atoms with Gasteiger partial charge < -0.3 is 25.2 Å². The molecule has 0 heterocycles. The van der Waals surface area contributed by atoms with Crippen molar-refractivity contribution in [2.45, 2.75) is 32.9 Å². The molecule has 2 aromatic rings. The lowest BCUT2D eigenvalue weighted by atomic mass is 10.1. The molecule has 1 unspecified atom stereocenters. The fourth-order valence-electron chi connectivity index (χ4n) is 2.68. The number of aromatic hydroxyl groups is 1. The van der Waals surface area contributed by atoms with Crippen molar-refractivity contribution in [2.75, 3.05) is 20.3 Å². The fourth-order valence-corrected chi connectivity index (χ4v) is 2.68. The summed E-state index contributed by atoms with van der Waals surface area (Å²) in [6.07, 6.45) is 0.866. The molecule has 0 aromatic heterocycles. The van der Waals surface area contributed by atoms with Gasteiger partial charge in [0, 0.05) is 19.1 Å². The average Bonchev–Trinajstić information content (AvgIpc) is 2.67. The summed E-state index contributed by atoms with van der Waals surface area (Å²) >= 11 is 0. The van der Waals surface area contributed by atoms with Crippen molar-refractivity contribution < 1.29 is 19.4 Å². The zero-order chi connectivity index (χ0) is 19.6. The van der Waals surface area contributed by atoms with Crippen LogP contribution in [0, 0.1) is 0 Å². The molecule has 1 amide bonds. The molecule has 3 N–H and O–H groups in total. The maximum Gasteiger partial charge on any atom is 0.257 e. The van der Waals surface area contributed by atoms with Gasteiger partial charge in [-0.25, -0.2) is 0 Å². The standard InChI is InChI=1S/C21H28N2O4/c1-4-22-21(25)14-27-19-10-7-17(12-20(19)26-3)13-23-15(2)11-16-5-8-18(24)9-6-16/h5-10,12,15,23-24H,4,11,13-14H2,1-3H3,(H,22,25). The van der Waals surface area contributed by atoms with Crippen molar-refractivity contribution in [2.24, 2.45) is 0 Å². The second-order valence-corrected chi connectivity index (χ2v) is 6.38. The van der Waals surface area contributed by atoms with E-state index in [0.29, 0.717) is 24.6 Å². The highest BCUT2D eigenvalue weighted by atomic mass is 16.5. The molecule has 0 saturated carbocycles. The SMILES string of the molecule is CCNC(=O)COc1ccc(CNC(C)Cc2ccc(O)cc2)cc1OC. The zero-order valence-corrected chi connectivity index (χ0v) is 16.1. The minimum Gasteiger partial charge on any atom is -0.508 e. The smallest absolute Gasteiger partial charge is 0.257 e. The van der Waals surface area contributed by atoms with Crippen LogP contribution in [-0.2, 0) is 17.8 Å². The number of carbonyl (C=O) groups is 1. The van der Waals surface area contributed by atoms with Crippen molar-refractivity contribution in [1.29, 1.82) is 0 Å². The molecule has 2 rings (SSSR count). The van der Waals surface area contributed by atoms with E-state index in [0.717, 1.165) is 12.0 Å². The summed E-state index contributed by atoms with van der Waals surface area (Å²) < 4.78 is 10.9. The zero-order valence-electron chi connectivity index (χ0n) is 16.1. The number of phenols is 1. The van der Waals surface area contributed by atoms with Gasteiger partial charge in [-0.1, -0.05) is 18.2 Å². The molecule has 0 aliphatic rings. The highest BCUT2D eigenvalue weighted by Gasteiger charge is 2.09. The predicted octanol–water partition coefficient (Wildman–Crippen LogP) is 2.64. The van der Waals surface area contributed by atoms with Crippen LogP contribution in [0.1, 0.15) is 25.0 Å². The van der Waals surface area contributed by atoms with Gasteiger partial charge in [0.05, 0.1) is 7.11 Å². The van der Waals surface area contributed by atoms with Crippen molar-refractivity contribution in [3.63, 3.8) is 0 Å². The van der Waals surface area contributed by atoms with E-state index in [-0.39, 0.29) is 24.3 Å². The van der Waals surface area contributed by atoms with Crippen molar-refractivity contribution >= 4 is 5.91 Å². The van der Waals surface area contributed by atoms with Gasteiger partial charge in [0.1, 0.15) is 5.75 Å². The van der Waals surface area contributed by atoms with E-state index in [2.05, 4.69) is 17.6 Å². The Balaban J connectivity index is 1.88. The Kier molecular flexibility index (Phi) is 7.95. The molecule has 2 aromatic carbocycles. The molecule has 27 heavy (non-hydrogen) atoms. The van der Waals surface area contributed by atoms with E-state index in [1.807, 2.05) is 37.3 Å². The molecule has 0 saturated heterocycles. The Bertz CT molecular complexity index is 731. The van der Waals surface area contributed by atoms with E-state index in [9.17, 15) is 9.90 Å². The Hall–Kier alpha value is -2.73. The number of phenolic OH excluding ortho intramolecular Hbond substituents is 1. The minimum absolute atomic E-state index is 0.0362. The number of hydrogen-bond acceptors (Lipinski definition) is 5. The van der Waals surface area contributed by atoms with Gasteiger partial charge in [0.15, 0.2) is 18.1 Å². The van der Waals surface area contributed by atoms with Gasteiger partial charge in [-0.2, -0.15) is 0 Å². The van der Waals surface area contributed by atoms with Gasteiger partial charge in [-0.3, -0.25) is 4.79 Å². The largest absolute Gasteiger partial charge is 0.508 e. The van der Waals surface area contributed by atoms with Gasteiger partial charge in [0.25, 0.3) is 5.91 Å². The number of likely N-dealkylation sites (N-methyl/N-ethyl adjacent to an activating group) is 1. The maximum absolute atomic E-state index is 11.5. The Morgan fingerprint density at radius 3 is 2.48 bits per heavy atom. The van der Waals surface area contributed by atoms with Crippen molar-refractivity contribution in [3.8, 4) is 17.2 Å². The van der Waals surface area contributed by atoms with Crippen LogP contribution in [0.4, 0.5) is 0 Å². The molecule has 0 bridgehead atoms. The topological polar surface area (TPSA) is 79.8 Å². The molecular formula is C21H28N2O4. The van der Waals surface area contributed by atoms with Gasteiger partial charge in [-0.05, 0) is 55.7 Å². The highest BCUT2D eigenvalue weighted by Crippen LogP contribution is 2.28. The number of hydrogen-bond donors (Lipinski definition) is 3. The predicted molar refractivity (Wildman–Crippen MR) is 105 cm³/mol. The molecular weight excluding hydrogens is 344 g/mol. The van der Waals surface area contributed by atoms with Crippen LogP contribution in [-0.4, -0.2) is 37.3 Å². The first-order valence-electron chi connectivity index (χ1n) is 9.09.